The smallest absolute Gasteiger partial charge is 0.108 e. The van der Waals surface area contributed by atoms with E-state index in [9.17, 15) is 0 Å². The van der Waals surface area contributed by atoms with Crippen LogP contribution in [-0.4, -0.2) is 48.8 Å². The summed E-state index contributed by atoms with van der Waals surface area (Å²) in [6.07, 6.45) is 13.1. The lowest BCUT2D eigenvalue weighted by Gasteiger charge is -2.41. The molecule has 1 aliphatic rings. The van der Waals surface area contributed by atoms with Gasteiger partial charge in [-0.15, -0.1) is 0 Å². The Hall–Kier alpha value is -1.36. The van der Waals surface area contributed by atoms with Crippen LogP contribution in [0.3, 0.4) is 0 Å². The normalized spacial score (nSPS) is 19.8. The van der Waals surface area contributed by atoms with Crippen molar-refractivity contribution in [2.45, 2.75) is 83.2 Å². The second kappa shape index (κ2) is 12.0. The standard InChI is InChI=1S/C27H44N2O2/c1-27(26-24(18-21-31-27)23-16-10-11-17-25(23)28-26)22(15-9-5-7-13-20-30)14-8-4-6-12-19-29(2)3/h10-11,16-17,22,28,30H,4-9,12-15,18-21H2,1-3H3. The Morgan fingerprint density at radius 2 is 1.68 bits per heavy atom. The van der Waals surface area contributed by atoms with E-state index in [4.69, 9.17) is 9.84 Å². The molecule has 0 saturated carbocycles. The van der Waals surface area contributed by atoms with E-state index in [-0.39, 0.29) is 5.60 Å². The first-order valence-corrected chi connectivity index (χ1v) is 12.6. The minimum atomic E-state index is -0.229. The third-order valence-electron chi connectivity index (χ3n) is 7.21. The summed E-state index contributed by atoms with van der Waals surface area (Å²) in [4.78, 5) is 6.04. The van der Waals surface area contributed by atoms with Gasteiger partial charge in [0.1, 0.15) is 5.60 Å². The van der Waals surface area contributed by atoms with Gasteiger partial charge in [0.15, 0.2) is 0 Å². The average molecular weight is 429 g/mol. The van der Waals surface area contributed by atoms with Gasteiger partial charge in [-0.25, -0.2) is 0 Å². The van der Waals surface area contributed by atoms with Crippen molar-refractivity contribution in [2.24, 2.45) is 5.92 Å². The van der Waals surface area contributed by atoms with Gasteiger partial charge in [0.2, 0.25) is 0 Å². The fraction of sp³-hybridized carbons (Fsp3) is 0.704. The van der Waals surface area contributed by atoms with Gasteiger partial charge in [-0.05, 0) is 77.2 Å². The number of fused-ring (bicyclic) bond motifs is 3. The molecule has 0 amide bonds. The lowest BCUT2D eigenvalue weighted by atomic mass is 9.76. The van der Waals surface area contributed by atoms with E-state index in [1.54, 1.807) is 0 Å². The van der Waals surface area contributed by atoms with E-state index in [0.29, 0.717) is 12.5 Å². The maximum absolute atomic E-state index is 9.09. The summed E-state index contributed by atoms with van der Waals surface area (Å²) >= 11 is 0. The Morgan fingerprint density at radius 1 is 1.00 bits per heavy atom. The minimum absolute atomic E-state index is 0.229. The molecule has 2 unspecified atom stereocenters. The van der Waals surface area contributed by atoms with Gasteiger partial charge in [0, 0.05) is 17.5 Å². The van der Waals surface area contributed by atoms with Crippen molar-refractivity contribution >= 4 is 10.9 Å². The van der Waals surface area contributed by atoms with Crippen LogP contribution in [0.2, 0.25) is 0 Å². The maximum atomic E-state index is 9.09. The monoisotopic (exact) mass is 428 g/mol. The molecule has 0 bridgehead atoms. The molecule has 0 saturated heterocycles. The Bertz CT molecular complexity index is 785. The van der Waals surface area contributed by atoms with Crippen LogP contribution in [0, 0.1) is 5.92 Å². The maximum Gasteiger partial charge on any atom is 0.108 e. The van der Waals surface area contributed by atoms with Gasteiger partial charge in [-0.2, -0.15) is 0 Å². The van der Waals surface area contributed by atoms with Crippen LogP contribution < -0.4 is 0 Å². The van der Waals surface area contributed by atoms with Crippen molar-refractivity contribution in [3.63, 3.8) is 0 Å². The van der Waals surface area contributed by atoms with Crippen molar-refractivity contribution in [1.82, 2.24) is 9.88 Å². The molecule has 4 nitrogen and oxygen atoms in total. The van der Waals surface area contributed by atoms with Crippen LogP contribution in [0.4, 0.5) is 0 Å². The molecule has 1 aromatic carbocycles. The lowest BCUT2D eigenvalue weighted by molar-refractivity contribution is -0.0969. The first-order valence-electron chi connectivity index (χ1n) is 12.6. The van der Waals surface area contributed by atoms with Gasteiger partial charge >= 0.3 is 0 Å². The highest BCUT2D eigenvalue weighted by molar-refractivity contribution is 5.85. The number of hydrogen-bond acceptors (Lipinski definition) is 3. The van der Waals surface area contributed by atoms with Crippen LogP contribution in [0.1, 0.15) is 82.4 Å². The number of H-pyrrole nitrogens is 1. The number of unbranched alkanes of at least 4 members (excludes halogenated alkanes) is 6. The largest absolute Gasteiger partial charge is 0.396 e. The second-order valence-corrected chi connectivity index (χ2v) is 9.86. The molecular formula is C27H44N2O2. The van der Waals surface area contributed by atoms with E-state index in [1.807, 2.05) is 0 Å². The van der Waals surface area contributed by atoms with Crippen LogP contribution in [0.15, 0.2) is 24.3 Å². The Balaban J connectivity index is 1.70. The zero-order valence-electron chi connectivity index (χ0n) is 20.1. The van der Waals surface area contributed by atoms with Crippen LogP contribution in [-0.2, 0) is 16.8 Å². The summed E-state index contributed by atoms with van der Waals surface area (Å²) in [6.45, 7) is 4.66. The fourth-order valence-corrected chi connectivity index (χ4v) is 5.37. The van der Waals surface area contributed by atoms with Gasteiger partial charge in [-0.1, -0.05) is 56.7 Å². The Kier molecular flexibility index (Phi) is 9.43. The molecule has 2 heterocycles. The highest BCUT2D eigenvalue weighted by atomic mass is 16.5. The summed E-state index contributed by atoms with van der Waals surface area (Å²) in [5.41, 5.74) is 3.82. The molecule has 174 valence electrons. The quantitative estimate of drug-likeness (QED) is 0.361. The number of benzene rings is 1. The predicted octanol–water partition coefficient (Wildman–Crippen LogP) is 6.03. The summed E-state index contributed by atoms with van der Waals surface area (Å²) < 4.78 is 6.59. The highest BCUT2D eigenvalue weighted by Gasteiger charge is 2.42. The molecule has 31 heavy (non-hydrogen) atoms. The SMILES string of the molecule is CN(C)CCCCCCC(CCCCCCO)C1(C)OCCc2c1[nH]c1ccccc21. The second-order valence-electron chi connectivity index (χ2n) is 9.86. The number of aromatic nitrogens is 1. The number of nitrogens with one attached hydrogen (secondary N) is 1. The van der Waals surface area contributed by atoms with Gasteiger partial charge < -0.3 is 19.7 Å². The molecule has 0 spiro atoms. The van der Waals surface area contributed by atoms with Gasteiger partial charge in [-0.3, -0.25) is 0 Å². The average Bonchev–Trinajstić information content (AvgIpc) is 3.15. The van der Waals surface area contributed by atoms with E-state index in [0.717, 1.165) is 25.9 Å². The molecule has 2 atom stereocenters. The zero-order chi connectivity index (χ0) is 22.1. The van der Waals surface area contributed by atoms with E-state index in [2.05, 4.69) is 55.2 Å². The summed E-state index contributed by atoms with van der Waals surface area (Å²) in [6, 6.07) is 8.72. The van der Waals surface area contributed by atoms with E-state index >= 15 is 0 Å². The van der Waals surface area contributed by atoms with Gasteiger partial charge in [0.05, 0.1) is 12.3 Å². The molecule has 0 fully saturated rings. The molecule has 3 rings (SSSR count). The van der Waals surface area contributed by atoms with Crippen molar-refractivity contribution in [1.29, 1.82) is 0 Å². The topological polar surface area (TPSA) is 48.5 Å². The predicted molar refractivity (Wildman–Crippen MR) is 131 cm³/mol. The van der Waals surface area contributed by atoms with Crippen LogP contribution in [0.5, 0.6) is 0 Å². The first-order chi connectivity index (χ1) is 15.1. The zero-order valence-corrected chi connectivity index (χ0v) is 20.1. The number of aliphatic hydroxyl groups is 1. The molecular weight excluding hydrogens is 384 g/mol. The molecule has 0 aliphatic carbocycles. The molecule has 4 heteroatoms. The van der Waals surface area contributed by atoms with Crippen molar-refractivity contribution in [3.05, 3.63) is 35.5 Å². The van der Waals surface area contributed by atoms with E-state index < -0.39 is 0 Å². The lowest BCUT2D eigenvalue weighted by Crippen LogP contribution is -2.40. The number of ether oxygens (including phenoxy) is 1. The Morgan fingerprint density at radius 3 is 2.39 bits per heavy atom. The van der Waals surface area contributed by atoms with Crippen LogP contribution >= 0.6 is 0 Å². The summed E-state index contributed by atoms with van der Waals surface area (Å²) in [5, 5.41) is 10.5. The fourth-order valence-electron chi connectivity index (χ4n) is 5.37. The molecule has 2 N–H and O–H groups in total. The third-order valence-corrected chi connectivity index (χ3v) is 7.21. The Labute approximate surface area is 189 Å². The van der Waals surface area contributed by atoms with Crippen molar-refractivity contribution in [2.75, 3.05) is 33.9 Å². The number of para-hydroxylation sites is 1. The minimum Gasteiger partial charge on any atom is -0.396 e. The van der Waals surface area contributed by atoms with Crippen LogP contribution in [0.25, 0.3) is 10.9 Å². The van der Waals surface area contributed by atoms with Crippen molar-refractivity contribution < 1.29 is 9.84 Å². The number of nitrogens with zero attached hydrogens (tertiary/aromatic N) is 1. The molecule has 1 aliphatic heterocycles. The number of rotatable bonds is 14. The van der Waals surface area contributed by atoms with Crippen molar-refractivity contribution in [3.8, 4) is 0 Å². The number of aromatic amines is 1. The highest BCUT2D eigenvalue weighted by Crippen LogP contribution is 2.45. The molecule has 2 aromatic rings. The molecule has 1 aromatic heterocycles. The number of aliphatic hydroxyl groups excluding tert-OH is 1. The number of hydrogen-bond donors (Lipinski definition) is 2. The van der Waals surface area contributed by atoms with E-state index in [1.165, 1.54) is 80.1 Å². The molecule has 0 radical (unpaired) electrons. The summed E-state index contributed by atoms with van der Waals surface area (Å²) in [5.74, 6) is 0.530. The third kappa shape index (κ3) is 6.34. The first kappa shape index (κ1) is 24.3. The van der Waals surface area contributed by atoms with Gasteiger partial charge in [0.25, 0.3) is 0 Å². The summed E-state index contributed by atoms with van der Waals surface area (Å²) in [7, 11) is 4.32.